The minimum absolute atomic E-state index is 0.0450. The molecule has 0 unspecified atom stereocenters. The van der Waals surface area contributed by atoms with Crippen molar-refractivity contribution in [1.29, 1.82) is 0 Å². The van der Waals surface area contributed by atoms with E-state index in [1.807, 2.05) is 11.0 Å². The van der Waals surface area contributed by atoms with E-state index in [4.69, 9.17) is 9.47 Å². The first kappa shape index (κ1) is 16.3. The first-order valence-electron chi connectivity index (χ1n) is 8.22. The third-order valence-corrected chi connectivity index (χ3v) is 3.92. The van der Waals surface area contributed by atoms with Gasteiger partial charge in [-0.05, 0) is 19.8 Å². The molecule has 128 valence electrons. The molecule has 0 bridgehead atoms. The number of hydrogen-bond acceptors (Lipinski definition) is 7. The summed E-state index contributed by atoms with van der Waals surface area (Å²) >= 11 is 0. The Kier molecular flexibility index (Phi) is 4.98. The van der Waals surface area contributed by atoms with E-state index in [-0.39, 0.29) is 11.8 Å². The molecule has 0 aromatic rings. The summed E-state index contributed by atoms with van der Waals surface area (Å²) in [6, 6.07) is 0. The molecule has 0 radical (unpaired) electrons. The Morgan fingerprint density at radius 3 is 3.12 bits per heavy atom. The average molecular weight is 331 g/mol. The third-order valence-electron chi connectivity index (χ3n) is 3.92. The minimum Gasteiger partial charge on any atom is -0.496 e. The van der Waals surface area contributed by atoms with Gasteiger partial charge in [-0.3, -0.25) is 9.59 Å². The Morgan fingerprint density at radius 2 is 2.29 bits per heavy atom. The molecule has 0 fully saturated rings. The van der Waals surface area contributed by atoms with E-state index in [0.717, 1.165) is 24.3 Å². The van der Waals surface area contributed by atoms with Crippen LogP contribution in [-0.2, 0) is 19.1 Å². The normalized spacial score (nSPS) is 18.5. The van der Waals surface area contributed by atoms with Gasteiger partial charge in [0.15, 0.2) is 11.6 Å². The number of carbonyl (C=O) groups excluding carboxylic acids is 2. The van der Waals surface area contributed by atoms with Crippen LogP contribution < -0.4 is 5.32 Å². The van der Waals surface area contributed by atoms with Crippen molar-refractivity contribution in [3.8, 4) is 0 Å². The summed E-state index contributed by atoms with van der Waals surface area (Å²) in [5.41, 5.74) is 1.48. The number of carbonyl (C=O) groups is 2. The fraction of sp³-hybridized carbons (Fsp3) is 0.471. The maximum absolute atomic E-state index is 11.9. The molecular weight excluding hydrogens is 310 g/mol. The van der Waals surface area contributed by atoms with Gasteiger partial charge in [-0.15, -0.1) is 0 Å². The number of ketones is 1. The monoisotopic (exact) mass is 331 g/mol. The van der Waals surface area contributed by atoms with Gasteiger partial charge in [0, 0.05) is 31.3 Å². The standard InChI is InChI=1S/C17H21N3O4/c1-2-23-15(22)5-3-4-8-24-13-9-12-10-19-16-14(21)6-7-18-17(16)20(12)11-13/h7,9-10,19H,2-6,8,11H2,1H3. The van der Waals surface area contributed by atoms with E-state index in [9.17, 15) is 9.59 Å². The molecule has 3 aliphatic rings. The zero-order chi connectivity index (χ0) is 16.9. The lowest BCUT2D eigenvalue weighted by Crippen LogP contribution is -2.33. The van der Waals surface area contributed by atoms with Crippen molar-refractivity contribution in [3.05, 3.63) is 35.3 Å². The van der Waals surface area contributed by atoms with Crippen LogP contribution in [0, 0.1) is 0 Å². The van der Waals surface area contributed by atoms with Crippen molar-refractivity contribution in [2.75, 3.05) is 19.8 Å². The zero-order valence-electron chi connectivity index (χ0n) is 13.7. The smallest absolute Gasteiger partial charge is 0.305 e. The van der Waals surface area contributed by atoms with Gasteiger partial charge >= 0.3 is 5.97 Å². The lowest BCUT2D eigenvalue weighted by atomic mass is 10.1. The molecule has 0 atom stereocenters. The largest absolute Gasteiger partial charge is 0.496 e. The SMILES string of the molecule is CCOC(=O)CCCCOC1=CC2=CNC3=C(N=CCC3=O)N2C1. The topological polar surface area (TPSA) is 80.2 Å². The van der Waals surface area contributed by atoms with Gasteiger partial charge in [0.1, 0.15) is 11.5 Å². The number of nitrogens with one attached hydrogen (secondary N) is 1. The molecule has 0 aliphatic carbocycles. The molecule has 0 amide bonds. The van der Waals surface area contributed by atoms with Crippen LogP contribution in [0.15, 0.2) is 40.2 Å². The molecule has 0 saturated heterocycles. The lowest BCUT2D eigenvalue weighted by Gasteiger charge is -2.28. The van der Waals surface area contributed by atoms with Crippen LogP contribution in [-0.4, -0.2) is 42.6 Å². The number of fused-ring (bicyclic) bond motifs is 2. The third kappa shape index (κ3) is 3.50. The van der Waals surface area contributed by atoms with Gasteiger partial charge in [0.25, 0.3) is 0 Å². The first-order valence-corrected chi connectivity index (χ1v) is 8.22. The number of aliphatic imine (C=N–C) groups is 1. The summed E-state index contributed by atoms with van der Waals surface area (Å²) in [5.74, 6) is 1.37. The Hall–Kier alpha value is -2.57. The fourth-order valence-electron chi connectivity index (χ4n) is 2.75. The fourth-order valence-corrected chi connectivity index (χ4v) is 2.75. The summed E-state index contributed by atoms with van der Waals surface area (Å²) in [6.45, 7) is 3.34. The highest BCUT2D eigenvalue weighted by Gasteiger charge is 2.31. The van der Waals surface area contributed by atoms with Crippen molar-refractivity contribution in [1.82, 2.24) is 10.2 Å². The van der Waals surface area contributed by atoms with Gasteiger partial charge in [-0.25, -0.2) is 4.99 Å². The van der Waals surface area contributed by atoms with Gasteiger partial charge in [0.05, 0.1) is 25.5 Å². The molecule has 1 N–H and O–H groups in total. The summed E-state index contributed by atoms with van der Waals surface area (Å²) in [4.78, 5) is 29.4. The number of nitrogens with zero attached hydrogens (tertiary/aromatic N) is 2. The molecule has 7 nitrogen and oxygen atoms in total. The molecular formula is C17H21N3O4. The predicted molar refractivity (Wildman–Crippen MR) is 87.6 cm³/mol. The zero-order valence-corrected chi connectivity index (χ0v) is 13.7. The number of esters is 1. The minimum atomic E-state index is -0.162. The lowest BCUT2D eigenvalue weighted by molar-refractivity contribution is -0.143. The van der Waals surface area contributed by atoms with E-state index >= 15 is 0 Å². The first-order chi connectivity index (χ1) is 11.7. The Labute approximate surface area is 140 Å². The molecule has 0 aromatic heterocycles. The van der Waals surface area contributed by atoms with Gasteiger partial charge in [-0.1, -0.05) is 0 Å². The molecule has 7 heteroatoms. The van der Waals surface area contributed by atoms with E-state index in [2.05, 4.69) is 10.3 Å². The van der Waals surface area contributed by atoms with E-state index < -0.39 is 0 Å². The van der Waals surface area contributed by atoms with Crippen LogP contribution in [0.25, 0.3) is 0 Å². The molecule has 0 spiro atoms. The van der Waals surface area contributed by atoms with Crippen LogP contribution in [0.2, 0.25) is 0 Å². The maximum Gasteiger partial charge on any atom is 0.305 e. The van der Waals surface area contributed by atoms with Crippen molar-refractivity contribution in [3.63, 3.8) is 0 Å². The second kappa shape index (κ2) is 7.33. The van der Waals surface area contributed by atoms with Crippen molar-refractivity contribution in [2.24, 2.45) is 4.99 Å². The van der Waals surface area contributed by atoms with Crippen LogP contribution in [0.5, 0.6) is 0 Å². The predicted octanol–water partition coefficient (Wildman–Crippen LogP) is 1.59. The molecule has 3 aliphatic heterocycles. The molecule has 3 rings (SSSR count). The van der Waals surface area contributed by atoms with Crippen LogP contribution in [0.4, 0.5) is 0 Å². The average Bonchev–Trinajstić information content (AvgIpc) is 2.98. The number of allylic oxidation sites excluding steroid dienone is 2. The Morgan fingerprint density at radius 1 is 1.42 bits per heavy atom. The van der Waals surface area contributed by atoms with Gasteiger partial charge < -0.3 is 19.7 Å². The number of rotatable bonds is 7. The van der Waals surface area contributed by atoms with Crippen molar-refractivity contribution < 1.29 is 19.1 Å². The van der Waals surface area contributed by atoms with Gasteiger partial charge in [0.2, 0.25) is 0 Å². The van der Waals surface area contributed by atoms with E-state index in [1.165, 1.54) is 0 Å². The Balaban J connectivity index is 1.46. The number of hydrogen-bond donors (Lipinski definition) is 1. The summed E-state index contributed by atoms with van der Waals surface area (Å²) in [6.07, 6.45) is 7.67. The highest BCUT2D eigenvalue weighted by Crippen LogP contribution is 2.31. The number of Topliss-reactive ketones (excluding diaryl/α,β-unsaturated/α-hetero) is 1. The molecule has 24 heavy (non-hydrogen) atoms. The highest BCUT2D eigenvalue weighted by molar-refractivity contribution is 6.05. The summed E-state index contributed by atoms with van der Waals surface area (Å²) in [5, 5.41) is 3.02. The van der Waals surface area contributed by atoms with E-state index in [0.29, 0.717) is 44.1 Å². The van der Waals surface area contributed by atoms with Crippen LogP contribution >= 0.6 is 0 Å². The van der Waals surface area contributed by atoms with Crippen LogP contribution in [0.1, 0.15) is 32.6 Å². The quantitative estimate of drug-likeness (QED) is 0.564. The van der Waals surface area contributed by atoms with Crippen LogP contribution in [0.3, 0.4) is 0 Å². The maximum atomic E-state index is 11.9. The molecule has 3 heterocycles. The summed E-state index contributed by atoms with van der Waals surface area (Å²) < 4.78 is 10.7. The summed E-state index contributed by atoms with van der Waals surface area (Å²) in [7, 11) is 0. The second-order valence-electron chi connectivity index (χ2n) is 5.66. The van der Waals surface area contributed by atoms with Gasteiger partial charge in [-0.2, -0.15) is 0 Å². The Bertz CT molecular complexity index is 661. The highest BCUT2D eigenvalue weighted by atomic mass is 16.5. The molecule has 0 saturated carbocycles. The number of ether oxygens (including phenoxy) is 2. The molecule has 0 aromatic carbocycles. The van der Waals surface area contributed by atoms with Crippen molar-refractivity contribution >= 4 is 18.0 Å². The second-order valence-corrected chi connectivity index (χ2v) is 5.66. The van der Waals surface area contributed by atoms with Crippen molar-refractivity contribution in [2.45, 2.75) is 32.6 Å². The van der Waals surface area contributed by atoms with E-state index in [1.54, 1.807) is 19.3 Å². The number of unbranched alkanes of at least 4 members (excludes halogenated alkanes) is 1.